The van der Waals surface area contributed by atoms with Crippen molar-refractivity contribution in [3.05, 3.63) is 33.2 Å². The van der Waals surface area contributed by atoms with E-state index < -0.39 is 17.4 Å². The van der Waals surface area contributed by atoms with Crippen molar-refractivity contribution < 1.29 is 14.3 Å². The summed E-state index contributed by atoms with van der Waals surface area (Å²) in [5.41, 5.74) is 1.12. The Bertz CT molecular complexity index is 806. The smallest absolute Gasteiger partial charge is 0.331 e. The number of carbonyl (C=O) groups is 2. The number of hydrogen-bond donors (Lipinski definition) is 1. The Balaban J connectivity index is 1.98. The maximum atomic E-state index is 13.3. The number of fused-ring (bicyclic) bond motifs is 1. The number of rotatable bonds is 6. The van der Waals surface area contributed by atoms with Crippen LogP contribution >= 0.6 is 0 Å². The number of esters is 1. The van der Waals surface area contributed by atoms with Crippen LogP contribution in [-0.4, -0.2) is 29.1 Å². The molecule has 0 bridgehead atoms. The lowest BCUT2D eigenvalue weighted by Crippen LogP contribution is -2.57. The van der Waals surface area contributed by atoms with E-state index in [1.165, 1.54) is 7.11 Å². The van der Waals surface area contributed by atoms with Crippen molar-refractivity contribution in [1.82, 2.24) is 9.88 Å². The predicted octanol–water partition coefficient (Wildman–Crippen LogP) is 3.52. The molecule has 0 atom stereocenters. The van der Waals surface area contributed by atoms with E-state index in [1.807, 2.05) is 4.57 Å². The van der Waals surface area contributed by atoms with Crippen molar-refractivity contribution in [3.63, 3.8) is 0 Å². The van der Waals surface area contributed by atoms with Gasteiger partial charge in [0, 0.05) is 12.2 Å². The molecule has 1 saturated carbocycles. The third-order valence-electron chi connectivity index (χ3n) is 6.47. The Morgan fingerprint density at radius 2 is 1.79 bits per heavy atom. The van der Waals surface area contributed by atoms with Crippen molar-refractivity contribution in [2.24, 2.45) is 0 Å². The summed E-state index contributed by atoms with van der Waals surface area (Å²) >= 11 is 0. The Morgan fingerprint density at radius 1 is 1.10 bits per heavy atom. The molecule has 1 heterocycles. The summed E-state index contributed by atoms with van der Waals surface area (Å²) < 4.78 is 6.83. The fourth-order valence-electron chi connectivity index (χ4n) is 4.79. The summed E-state index contributed by atoms with van der Waals surface area (Å²) in [4.78, 5) is 39.0. The van der Waals surface area contributed by atoms with Gasteiger partial charge in [0.05, 0.1) is 7.11 Å². The Hall–Kier alpha value is -2.11. The fourth-order valence-corrected chi connectivity index (χ4v) is 4.79. The van der Waals surface area contributed by atoms with Crippen LogP contribution in [0.4, 0.5) is 0 Å². The van der Waals surface area contributed by atoms with Gasteiger partial charge in [-0.3, -0.25) is 9.59 Å². The topological polar surface area (TPSA) is 77.4 Å². The first kappa shape index (κ1) is 21.6. The van der Waals surface area contributed by atoms with Crippen LogP contribution in [0.2, 0.25) is 0 Å². The Labute approximate surface area is 173 Å². The number of nitrogens with zero attached hydrogens (tertiary/aromatic N) is 1. The van der Waals surface area contributed by atoms with Gasteiger partial charge >= 0.3 is 5.97 Å². The zero-order valence-electron chi connectivity index (χ0n) is 17.8. The van der Waals surface area contributed by atoms with Gasteiger partial charge in [0.25, 0.3) is 11.5 Å². The summed E-state index contributed by atoms with van der Waals surface area (Å²) in [5, 5.41) is 2.92. The Kier molecular flexibility index (Phi) is 7.14. The highest BCUT2D eigenvalue weighted by molar-refractivity contribution is 5.98. The van der Waals surface area contributed by atoms with E-state index in [9.17, 15) is 14.4 Å². The lowest BCUT2D eigenvalue weighted by Gasteiger charge is -2.35. The highest BCUT2D eigenvalue weighted by Crippen LogP contribution is 2.30. The van der Waals surface area contributed by atoms with Gasteiger partial charge in [-0.2, -0.15) is 0 Å². The third kappa shape index (κ3) is 4.57. The fraction of sp³-hybridized carbons (Fsp3) is 0.696. The lowest BCUT2D eigenvalue weighted by atomic mass is 9.81. The number of nitrogens with one attached hydrogen (secondary N) is 1. The highest BCUT2D eigenvalue weighted by atomic mass is 16.5. The quantitative estimate of drug-likeness (QED) is 0.583. The normalized spacial score (nSPS) is 18.4. The van der Waals surface area contributed by atoms with E-state index in [4.69, 9.17) is 4.74 Å². The molecule has 0 radical (unpaired) electrons. The molecule has 0 spiro atoms. The molecule has 2 aliphatic rings. The van der Waals surface area contributed by atoms with Crippen LogP contribution in [0.15, 0.2) is 10.9 Å². The van der Waals surface area contributed by atoms with Crippen LogP contribution in [0.3, 0.4) is 0 Å². The standard InChI is InChI=1S/C23H34N2O4/c1-3-4-15-25-19-12-8-5-7-11-17(19)16-18(21(25)27)20(26)24-23(22(28)29-2)13-9-6-10-14-23/h16H,3-15H2,1-2H3,(H,24,26). The molecular weight excluding hydrogens is 368 g/mol. The minimum absolute atomic E-state index is 0.163. The number of methoxy groups -OCH3 is 1. The van der Waals surface area contributed by atoms with Crippen molar-refractivity contribution in [2.45, 2.75) is 96.1 Å². The molecule has 2 aliphatic carbocycles. The predicted molar refractivity (Wildman–Crippen MR) is 112 cm³/mol. The van der Waals surface area contributed by atoms with Crippen LogP contribution in [0, 0.1) is 0 Å². The van der Waals surface area contributed by atoms with Gasteiger partial charge in [-0.05, 0) is 56.6 Å². The first-order chi connectivity index (χ1) is 14.0. The van der Waals surface area contributed by atoms with Gasteiger partial charge in [0.1, 0.15) is 11.1 Å². The number of hydrogen-bond acceptors (Lipinski definition) is 4. The SMILES string of the molecule is CCCCn1c2c(cc(C(=O)NC3(C(=O)OC)CCCCC3)c1=O)CCCCC2. The second-order valence-corrected chi connectivity index (χ2v) is 8.49. The van der Waals surface area contributed by atoms with Gasteiger partial charge in [0.15, 0.2) is 0 Å². The molecule has 1 aromatic rings. The monoisotopic (exact) mass is 402 g/mol. The summed E-state index contributed by atoms with van der Waals surface area (Å²) in [7, 11) is 1.35. The molecule has 0 aromatic carbocycles. The van der Waals surface area contributed by atoms with Crippen molar-refractivity contribution in [1.29, 1.82) is 0 Å². The van der Waals surface area contributed by atoms with Crippen LogP contribution in [0.1, 0.15) is 92.7 Å². The van der Waals surface area contributed by atoms with Gasteiger partial charge in [-0.25, -0.2) is 4.79 Å². The molecule has 0 saturated heterocycles. The lowest BCUT2D eigenvalue weighted by molar-refractivity contribution is -0.149. The zero-order valence-corrected chi connectivity index (χ0v) is 17.8. The molecule has 0 unspecified atom stereocenters. The molecule has 1 amide bonds. The number of unbranched alkanes of at least 4 members (excludes halogenated alkanes) is 1. The average Bonchev–Trinajstić information content (AvgIpc) is 2.98. The maximum absolute atomic E-state index is 13.3. The van der Waals surface area contributed by atoms with Gasteiger partial charge in [-0.15, -0.1) is 0 Å². The first-order valence-corrected chi connectivity index (χ1v) is 11.2. The molecular formula is C23H34N2O4. The number of amides is 1. The van der Waals surface area contributed by atoms with E-state index >= 15 is 0 Å². The van der Waals surface area contributed by atoms with E-state index in [1.54, 1.807) is 6.07 Å². The minimum Gasteiger partial charge on any atom is -0.467 e. The molecule has 160 valence electrons. The van der Waals surface area contributed by atoms with Crippen molar-refractivity contribution >= 4 is 11.9 Å². The molecule has 3 rings (SSSR count). The maximum Gasteiger partial charge on any atom is 0.331 e. The van der Waals surface area contributed by atoms with Crippen LogP contribution in [-0.2, 0) is 28.9 Å². The molecule has 29 heavy (non-hydrogen) atoms. The number of pyridine rings is 1. The van der Waals surface area contributed by atoms with Crippen LogP contribution < -0.4 is 10.9 Å². The van der Waals surface area contributed by atoms with Gasteiger partial charge in [0.2, 0.25) is 0 Å². The van der Waals surface area contributed by atoms with E-state index in [-0.39, 0.29) is 11.1 Å². The largest absolute Gasteiger partial charge is 0.467 e. The number of carbonyl (C=O) groups excluding carboxylic acids is 2. The first-order valence-electron chi connectivity index (χ1n) is 11.2. The summed E-state index contributed by atoms with van der Waals surface area (Å²) in [6.07, 6.45) is 10.9. The van der Waals surface area contributed by atoms with Crippen LogP contribution in [0.25, 0.3) is 0 Å². The molecule has 1 aromatic heterocycles. The van der Waals surface area contributed by atoms with Crippen molar-refractivity contribution in [3.8, 4) is 0 Å². The van der Waals surface area contributed by atoms with Crippen LogP contribution in [0.5, 0.6) is 0 Å². The molecule has 1 N–H and O–H groups in total. The second-order valence-electron chi connectivity index (χ2n) is 8.49. The van der Waals surface area contributed by atoms with Crippen molar-refractivity contribution in [2.75, 3.05) is 7.11 Å². The third-order valence-corrected chi connectivity index (χ3v) is 6.47. The van der Waals surface area contributed by atoms with Gasteiger partial charge in [-0.1, -0.05) is 39.0 Å². The average molecular weight is 403 g/mol. The second kappa shape index (κ2) is 9.59. The highest BCUT2D eigenvalue weighted by Gasteiger charge is 2.42. The number of ether oxygens (including phenoxy) is 1. The van der Waals surface area contributed by atoms with E-state index in [2.05, 4.69) is 12.2 Å². The summed E-state index contributed by atoms with van der Waals surface area (Å²) in [5.74, 6) is -0.855. The molecule has 0 aliphatic heterocycles. The van der Waals surface area contributed by atoms with E-state index in [0.29, 0.717) is 19.4 Å². The molecule has 1 fully saturated rings. The zero-order chi connectivity index (χ0) is 20.9. The summed E-state index contributed by atoms with van der Waals surface area (Å²) in [6.45, 7) is 2.74. The van der Waals surface area contributed by atoms with E-state index in [0.717, 1.165) is 75.5 Å². The number of aryl methyl sites for hydroxylation is 1. The summed E-state index contributed by atoms with van der Waals surface area (Å²) in [6, 6.07) is 1.79. The molecule has 6 nitrogen and oxygen atoms in total. The van der Waals surface area contributed by atoms with Gasteiger partial charge < -0.3 is 14.6 Å². The minimum atomic E-state index is -1.02. The molecule has 6 heteroatoms. The Morgan fingerprint density at radius 3 is 2.48 bits per heavy atom. The number of aromatic nitrogens is 1.